The Morgan fingerprint density at radius 1 is 1.33 bits per heavy atom. The summed E-state index contributed by atoms with van der Waals surface area (Å²) >= 11 is 0. The molecule has 1 aromatic carbocycles. The Labute approximate surface area is 130 Å². The van der Waals surface area contributed by atoms with Crippen molar-refractivity contribution in [2.75, 3.05) is 20.7 Å². The largest absolute Gasteiger partial charge is 0.496 e. The van der Waals surface area contributed by atoms with Crippen LogP contribution in [0, 0.1) is 0 Å². The van der Waals surface area contributed by atoms with Gasteiger partial charge in [-0.05, 0) is 25.1 Å². The molecule has 0 fully saturated rings. The Morgan fingerprint density at radius 3 is 2.76 bits per heavy atom. The Bertz CT molecular complexity index is 547. The minimum atomic E-state index is 0. The van der Waals surface area contributed by atoms with E-state index in [1.54, 1.807) is 7.11 Å². The van der Waals surface area contributed by atoms with Crippen molar-refractivity contribution in [1.29, 1.82) is 0 Å². The first-order chi connectivity index (χ1) is 9.72. The van der Waals surface area contributed by atoms with Crippen molar-refractivity contribution in [1.82, 2.24) is 15.0 Å². The van der Waals surface area contributed by atoms with Crippen molar-refractivity contribution in [2.24, 2.45) is 5.73 Å². The van der Waals surface area contributed by atoms with Gasteiger partial charge in [0.05, 0.1) is 20.2 Å². The van der Waals surface area contributed by atoms with Gasteiger partial charge in [-0.2, -0.15) is 4.98 Å². The number of benzene rings is 1. The standard InChI is InChI=1S/C14H20N4O2.ClH/c1-18(10-13-16-14(9-15)20-17-13)8-7-11-5-3-4-6-12(11)19-2;/h3-6H,7-10,15H2,1-2H3;1H. The molecule has 0 aliphatic carbocycles. The number of methoxy groups -OCH3 is 1. The average molecular weight is 313 g/mol. The van der Waals surface area contributed by atoms with Gasteiger partial charge < -0.3 is 15.0 Å². The highest BCUT2D eigenvalue weighted by molar-refractivity contribution is 5.85. The van der Waals surface area contributed by atoms with E-state index in [9.17, 15) is 0 Å². The quantitative estimate of drug-likeness (QED) is 0.837. The van der Waals surface area contributed by atoms with E-state index in [-0.39, 0.29) is 19.0 Å². The van der Waals surface area contributed by atoms with E-state index in [1.165, 1.54) is 5.56 Å². The number of ether oxygens (including phenoxy) is 1. The van der Waals surface area contributed by atoms with Gasteiger partial charge in [-0.25, -0.2) is 0 Å². The molecular formula is C14H21ClN4O2. The van der Waals surface area contributed by atoms with Gasteiger partial charge in [-0.1, -0.05) is 23.4 Å². The maximum atomic E-state index is 5.44. The second-order valence-corrected chi connectivity index (χ2v) is 4.61. The van der Waals surface area contributed by atoms with Crippen LogP contribution in [0.3, 0.4) is 0 Å². The Hall–Kier alpha value is -1.63. The second-order valence-electron chi connectivity index (χ2n) is 4.61. The summed E-state index contributed by atoms with van der Waals surface area (Å²) in [6.07, 6.45) is 0.905. The van der Waals surface area contributed by atoms with Gasteiger partial charge in [0, 0.05) is 6.54 Å². The SMILES string of the molecule is COc1ccccc1CCN(C)Cc1noc(CN)n1.Cl. The van der Waals surface area contributed by atoms with Crippen LogP contribution in [0.5, 0.6) is 5.75 Å². The topological polar surface area (TPSA) is 77.4 Å². The number of para-hydroxylation sites is 1. The number of likely N-dealkylation sites (N-methyl/N-ethyl adjacent to an activating group) is 1. The van der Waals surface area contributed by atoms with E-state index in [1.807, 2.05) is 25.2 Å². The molecule has 1 heterocycles. The third-order valence-electron chi connectivity index (χ3n) is 3.05. The maximum Gasteiger partial charge on any atom is 0.240 e. The fourth-order valence-corrected chi connectivity index (χ4v) is 1.98. The summed E-state index contributed by atoms with van der Waals surface area (Å²) < 4.78 is 10.3. The number of aromatic nitrogens is 2. The van der Waals surface area contributed by atoms with Crippen molar-refractivity contribution >= 4 is 12.4 Å². The number of halogens is 1. The number of rotatable bonds is 7. The van der Waals surface area contributed by atoms with Gasteiger partial charge in [0.25, 0.3) is 0 Å². The summed E-state index contributed by atoms with van der Waals surface area (Å²) in [6.45, 7) is 1.80. The first-order valence-corrected chi connectivity index (χ1v) is 6.55. The fraction of sp³-hybridized carbons (Fsp3) is 0.429. The van der Waals surface area contributed by atoms with Crippen molar-refractivity contribution in [3.63, 3.8) is 0 Å². The van der Waals surface area contributed by atoms with Gasteiger partial charge in [-0.3, -0.25) is 4.90 Å². The summed E-state index contributed by atoms with van der Waals surface area (Å²) in [6, 6.07) is 8.04. The summed E-state index contributed by atoms with van der Waals surface area (Å²) in [4.78, 5) is 6.32. The van der Waals surface area contributed by atoms with Crippen LogP contribution in [0.25, 0.3) is 0 Å². The molecule has 0 saturated heterocycles. The molecule has 1 aromatic heterocycles. The fourth-order valence-electron chi connectivity index (χ4n) is 1.98. The molecule has 0 amide bonds. The van der Waals surface area contributed by atoms with Crippen LogP contribution in [0.4, 0.5) is 0 Å². The van der Waals surface area contributed by atoms with E-state index in [4.69, 9.17) is 15.0 Å². The van der Waals surface area contributed by atoms with Crippen LogP contribution in [0.2, 0.25) is 0 Å². The minimum Gasteiger partial charge on any atom is -0.496 e. The zero-order valence-electron chi connectivity index (χ0n) is 12.3. The molecule has 0 aliphatic rings. The maximum absolute atomic E-state index is 5.44. The molecule has 2 rings (SSSR count). The van der Waals surface area contributed by atoms with Crippen LogP contribution in [0.1, 0.15) is 17.3 Å². The summed E-state index contributed by atoms with van der Waals surface area (Å²) in [5.74, 6) is 2.05. The van der Waals surface area contributed by atoms with Crippen LogP contribution >= 0.6 is 12.4 Å². The predicted molar refractivity (Wildman–Crippen MR) is 82.5 cm³/mol. The van der Waals surface area contributed by atoms with Crippen molar-refractivity contribution < 1.29 is 9.26 Å². The monoisotopic (exact) mass is 312 g/mol. The molecule has 21 heavy (non-hydrogen) atoms. The molecule has 2 aromatic rings. The van der Waals surface area contributed by atoms with E-state index >= 15 is 0 Å². The van der Waals surface area contributed by atoms with E-state index < -0.39 is 0 Å². The normalized spacial score (nSPS) is 10.5. The number of nitrogens with two attached hydrogens (primary N) is 1. The third-order valence-corrected chi connectivity index (χ3v) is 3.05. The minimum absolute atomic E-state index is 0. The number of hydrogen-bond donors (Lipinski definition) is 1. The molecule has 6 nitrogen and oxygen atoms in total. The molecule has 0 aliphatic heterocycles. The lowest BCUT2D eigenvalue weighted by atomic mass is 10.1. The average Bonchev–Trinajstić information content (AvgIpc) is 2.93. The zero-order valence-corrected chi connectivity index (χ0v) is 13.1. The summed E-state index contributed by atoms with van der Waals surface area (Å²) in [7, 11) is 3.71. The Balaban J connectivity index is 0.00000220. The van der Waals surface area contributed by atoms with Crippen LogP contribution in [0.15, 0.2) is 28.8 Å². The molecule has 0 bridgehead atoms. The Kier molecular flexibility index (Phi) is 7.14. The molecule has 116 valence electrons. The first-order valence-electron chi connectivity index (χ1n) is 6.55. The Morgan fingerprint density at radius 2 is 2.10 bits per heavy atom. The molecule has 0 unspecified atom stereocenters. The predicted octanol–water partition coefficient (Wildman–Crippen LogP) is 1.63. The van der Waals surface area contributed by atoms with Crippen LogP contribution in [-0.2, 0) is 19.5 Å². The zero-order chi connectivity index (χ0) is 14.4. The van der Waals surface area contributed by atoms with E-state index in [0.29, 0.717) is 18.3 Å². The van der Waals surface area contributed by atoms with Crippen LogP contribution < -0.4 is 10.5 Å². The lowest BCUT2D eigenvalue weighted by Gasteiger charge is -2.15. The van der Waals surface area contributed by atoms with Crippen molar-refractivity contribution in [2.45, 2.75) is 19.5 Å². The van der Waals surface area contributed by atoms with E-state index in [0.717, 1.165) is 18.7 Å². The molecule has 0 spiro atoms. The molecular weight excluding hydrogens is 292 g/mol. The van der Waals surface area contributed by atoms with Crippen LogP contribution in [-0.4, -0.2) is 35.7 Å². The highest BCUT2D eigenvalue weighted by atomic mass is 35.5. The van der Waals surface area contributed by atoms with Gasteiger partial charge >= 0.3 is 0 Å². The molecule has 0 saturated carbocycles. The molecule has 0 radical (unpaired) electrons. The highest BCUT2D eigenvalue weighted by Crippen LogP contribution is 2.18. The van der Waals surface area contributed by atoms with Gasteiger partial charge in [-0.15, -0.1) is 12.4 Å². The molecule has 2 N–H and O–H groups in total. The molecule has 7 heteroatoms. The third kappa shape index (κ3) is 5.00. The summed E-state index contributed by atoms with van der Waals surface area (Å²) in [5.41, 5.74) is 6.63. The second kappa shape index (κ2) is 8.61. The smallest absolute Gasteiger partial charge is 0.240 e. The van der Waals surface area contributed by atoms with E-state index in [2.05, 4.69) is 21.1 Å². The van der Waals surface area contributed by atoms with Crippen molar-refractivity contribution in [3.8, 4) is 5.75 Å². The lowest BCUT2D eigenvalue weighted by Crippen LogP contribution is -2.21. The molecule has 0 atom stereocenters. The van der Waals surface area contributed by atoms with Gasteiger partial charge in [0.2, 0.25) is 5.89 Å². The first kappa shape index (κ1) is 17.4. The summed E-state index contributed by atoms with van der Waals surface area (Å²) in [5, 5.41) is 3.88. The van der Waals surface area contributed by atoms with Gasteiger partial charge in [0.1, 0.15) is 5.75 Å². The highest BCUT2D eigenvalue weighted by Gasteiger charge is 2.09. The number of nitrogens with zero attached hydrogens (tertiary/aromatic N) is 3. The van der Waals surface area contributed by atoms with Crippen molar-refractivity contribution in [3.05, 3.63) is 41.5 Å². The number of hydrogen-bond acceptors (Lipinski definition) is 6. The van der Waals surface area contributed by atoms with Gasteiger partial charge in [0.15, 0.2) is 5.82 Å². The lowest BCUT2D eigenvalue weighted by molar-refractivity contribution is 0.308.